The number of methoxy groups -OCH3 is 2. The first kappa shape index (κ1) is 32.5. The summed E-state index contributed by atoms with van der Waals surface area (Å²) in [6.07, 6.45) is 4.26. The molecule has 0 radical (unpaired) electrons. The molecule has 0 spiro atoms. The fourth-order valence-corrected chi connectivity index (χ4v) is 6.15. The SMILES string of the molecule is C=N/C=C(/C)C(=NCCC1(CCNC)Cc2ccccc2C1NS(=O)C(C)(C)C)OCc1ccc(OC)c(OC)c1. The van der Waals surface area contributed by atoms with Crippen LogP contribution in [-0.2, 0) is 28.8 Å². The summed E-state index contributed by atoms with van der Waals surface area (Å²) in [4.78, 5) is 8.87. The maximum Gasteiger partial charge on any atom is 0.213 e. The minimum atomic E-state index is -1.22. The quantitative estimate of drug-likeness (QED) is 0.225. The van der Waals surface area contributed by atoms with Gasteiger partial charge in [0, 0.05) is 18.3 Å². The van der Waals surface area contributed by atoms with Crippen LogP contribution in [0.3, 0.4) is 0 Å². The summed E-state index contributed by atoms with van der Waals surface area (Å²) in [7, 11) is 3.98. The highest BCUT2D eigenvalue weighted by Crippen LogP contribution is 2.50. The number of hydrogen-bond acceptors (Lipinski definition) is 7. The first-order valence-corrected chi connectivity index (χ1v) is 15.1. The van der Waals surface area contributed by atoms with E-state index in [9.17, 15) is 4.21 Å². The Bertz CT molecular complexity index is 1270. The summed E-state index contributed by atoms with van der Waals surface area (Å²) >= 11 is 0. The van der Waals surface area contributed by atoms with Crippen LogP contribution in [0.2, 0.25) is 0 Å². The van der Waals surface area contributed by atoms with Gasteiger partial charge in [-0.2, -0.15) is 0 Å². The molecule has 0 heterocycles. The number of hydrogen-bond donors (Lipinski definition) is 2. The maximum absolute atomic E-state index is 13.3. The molecule has 2 aromatic rings. The minimum absolute atomic E-state index is 0.0510. The highest BCUT2D eigenvalue weighted by molar-refractivity contribution is 7.84. The van der Waals surface area contributed by atoms with Crippen molar-refractivity contribution in [2.75, 3.05) is 34.4 Å². The first-order chi connectivity index (χ1) is 19.6. The van der Waals surface area contributed by atoms with Gasteiger partial charge in [-0.25, -0.2) is 8.93 Å². The van der Waals surface area contributed by atoms with E-state index in [1.54, 1.807) is 20.4 Å². The van der Waals surface area contributed by atoms with Gasteiger partial charge in [-0.15, -0.1) is 0 Å². The molecule has 3 unspecified atom stereocenters. The van der Waals surface area contributed by atoms with Crippen molar-refractivity contribution in [2.24, 2.45) is 15.4 Å². The Labute approximate surface area is 248 Å². The molecule has 0 aliphatic heterocycles. The van der Waals surface area contributed by atoms with Crippen molar-refractivity contribution < 1.29 is 18.4 Å². The first-order valence-electron chi connectivity index (χ1n) is 14.0. The van der Waals surface area contributed by atoms with Gasteiger partial charge in [0.1, 0.15) is 6.61 Å². The van der Waals surface area contributed by atoms with Gasteiger partial charge in [-0.1, -0.05) is 30.3 Å². The molecular weight excluding hydrogens is 536 g/mol. The van der Waals surface area contributed by atoms with Crippen molar-refractivity contribution in [3.05, 3.63) is 70.9 Å². The Morgan fingerprint density at radius 1 is 1.15 bits per heavy atom. The van der Waals surface area contributed by atoms with Crippen LogP contribution in [0.25, 0.3) is 0 Å². The predicted molar refractivity (Wildman–Crippen MR) is 169 cm³/mol. The highest BCUT2D eigenvalue weighted by atomic mass is 32.2. The van der Waals surface area contributed by atoms with Gasteiger partial charge in [0.05, 0.1) is 36.0 Å². The van der Waals surface area contributed by atoms with Crippen LogP contribution in [0.15, 0.2) is 64.2 Å². The number of nitrogens with one attached hydrogen (secondary N) is 2. The van der Waals surface area contributed by atoms with E-state index in [-0.39, 0.29) is 16.2 Å². The molecule has 0 bridgehead atoms. The van der Waals surface area contributed by atoms with Gasteiger partial charge in [-0.3, -0.25) is 9.98 Å². The van der Waals surface area contributed by atoms with Crippen LogP contribution < -0.4 is 19.5 Å². The number of fused-ring (bicyclic) bond motifs is 1. The average molecular weight is 583 g/mol. The monoisotopic (exact) mass is 582 g/mol. The molecule has 1 aliphatic carbocycles. The Kier molecular flexibility index (Phi) is 11.7. The van der Waals surface area contributed by atoms with E-state index < -0.39 is 11.0 Å². The number of aliphatic imine (C=N–C) groups is 2. The zero-order chi connectivity index (χ0) is 30.0. The average Bonchev–Trinajstić information content (AvgIpc) is 3.26. The van der Waals surface area contributed by atoms with E-state index in [0.717, 1.165) is 36.9 Å². The lowest BCUT2D eigenvalue weighted by atomic mass is 9.75. The maximum atomic E-state index is 13.3. The van der Waals surface area contributed by atoms with Gasteiger partial charge in [-0.05, 0) is 102 Å². The second kappa shape index (κ2) is 14.8. The molecule has 0 fully saturated rings. The molecule has 0 saturated carbocycles. The summed E-state index contributed by atoms with van der Waals surface area (Å²) < 4.78 is 33.5. The summed E-state index contributed by atoms with van der Waals surface area (Å²) in [5.74, 6) is 1.83. The van der Waals surface area contributed by atoms with E-state index in [4.69, 9.17) is 19.2 Å². The lowest BCUT2D eigenvalue weighted by Gasteiger charge is -2.37. The van der Waals surface area contributed by atoms with Gasteiger partial charge in [0.25, 0.3) is 0 Å². The largest absolute Gasteiger partial charge is 0.493 e. The van der Waals surface area contributed by atoms with Crippen molar-refractivity contribution in [3.8, 4) is 11.5 Å². The molecule has 41 heavy (non-hydrogen) atoms. The van der Waals surface area contributed by atoms with Gasteiger partial charge >= 0.3 is 0 Å². The van der Waals surface area contributed by atoms with Gasteiger partial charge < -0.3 is 19.5 Å². The summed E-state index contributed by atoms with van der Waals surface area (Å²) in [6.45, 7) is 13.2. The molecule has 0 aromatic heterocycles. The second-order valence-electron chi connectivity index (χ2n) is 11.4. The third-order valence-corrected chi connectivity index (χ3v) is 9.05. The Balaban J connectivity index is 1.88. The number of ether oxygens (including phenoxy) is 3. The molecule has 2 N–H and O–H groups in total. The molecule has 3 rings (SSSR count). The van der Waals surface area contributed by atoms with Crippen LogP contribution in [0.1, 0.15) is 63.3 Å². The number of nitrogens with zero attached hydrogens (tertiary/aromatic N) is 2. The van der Waals surface area contributed by atoms with E-state index >= 15 is 0 Å². The Hall–Kier alpha value is -3.01. The normalized spacial score (nSPS) is 19.9. The summed E-state index contributed by atoms with van der Waals surface area (Å²) in [5.41, 5.74) is 4.08. The molecule has 8 nitrogen and oxygen atoms in total. The second-order valence-corrected chi connectivity index (χ2v) is 13.4. The lowest BCUT2D eigenvalue weighted by Crippen LogP contribution is -2.43. The van der Waals surface area contributed by atoms with E-state index in [2.05, 4.69) is 46.0 Å². The highest BCUT2D eigenvalue weighted by Gasteiger charge is 2.46. The van der Waals surface area contributed by atoms with Crippen molar-refractivity contribution >= 4 is 23.6 Å². The standard InChI is InChI=1S/C32H46N4O4S/c1-23(21-34-6)30(40-22-24-13-14-27(38-7)28(19-24)39-8)35-18-16-32(15-17-33-5)20-25-11-9-10-12-26(25)29(32)36-41(37)31(2,3)4/h9-14,19,21,29,33,36H,6,15-18,20,22H2,1-5,7-8H3/b23-21-,35-30?. The Morgan fingerprint density at radius 3 is 2.54 bits per heavy atom. The third-order valence-electron chi connectivity index (χ3n) is 7.49. The third kappa shape index (κ3) is 8.27. The molecule has 3 atom stereocenters. The lowest BCUT2D eigenvalue weighted by molar-refractivity contribution is 0.197. The summed E-state index contributed by atoms with van der Waals surface area (Å²) in [5, 5.41) is 3.33. The van der Waals surface area contributed by atoms with E-state index in [1.165, 1.54) is 11.1 Å². The van der Waals surface area contributed by atoms with Crippen LogP contribution in [0.5, 0.6) is 11.5 Å². The smallest absolute Gasteiger partial charge is 0.213 e. The predicted octanol–water partition coefficient (Wildman–Crippen LogP) is 5.56. The molecular formula is C32H46N4O4S. The molecule has 1 aliphatic rings. The van der Waals surface area contributed by atoms with Crippen LogP contribution >= 0.6 is 0 Å². The molecule has 0 saturated heterocycles. The molecule has 9 heteroatoms. The fourth-order valence-electron chi connectivity index (χ4n) is 5.20. The zero-order valence-corrected chi connectivity index (χ0v) is 26.4. The van der Waals surface area contributed by atoms with Crippen LogP contribution in [0, 0.1) is 5.41 Å². The van der Waals surface area contributed by atoms with E-state index in [0.29, 0.717) is 30.5 Å². The van der Waals surface area contributed by atoms with Crippen LogP contribution in [0.4, 0.5) is 0 Å². The fraction of sp³-hybridized carbons (Fsp3) is 0.500. The zero-order valence-electron chi connectivity index (χ0n) is 25.6. The summed E-state index contributed by atoms with van der Waals surface area (Å²) in [6, 6.07) is 14.2. The Morgan fingerprint density at radius 2 is 1.88 bits per heavy atom. The minimum Gasteiger partial charge on any atom is -0.493 e. The van der Waals surface area contributed by atoms with E-state index in [1.807, 2.05) is 52.9 Å². The van der Waals surface area contributed by atoms with Crippen molar-refractivity contribution in [1.82, 2.24) is 10.0 Å². The van der Waals surface area contributed by atoms with Crippen molar-refractivity contribution in [3.63, 3.8) is 0 Å². The van der Waals surface area contributed by atoms with Crippen molar-refractivity contribution in [1.29, 1.82) is 0 Å². The van der Waals surface area contributed by atoms with Gasteiger partial charge in [0.2, 0.25) is 5.90 Å². The number of rotatable bonds is 14. The van der Waals surface area contributed by atoms with Gasteiger partial charge in [0.15, 0.2) is 11.5 Å². The topological polar surface area (TPSA) is 93.5 Å². The van der Waals surface area contributed by atoms with Crippen LogP contribution in [-0.4, -0.2) is 55.9 Å². The number of benzene rings is 2. The molecule has 224 valence electrons. The molecule has 2 aromatic carbocycles. The molecule has 0 amide bonds. The van der Waals surface area contributed by atoms with Crippen molar-refractivity contribution in [2.45, 2.75) is 64.4 Å².